The van der Waals surface area contributed by atoms with Crippen molar-refractivity contribution in [1.82, 2.24) is 0 Å². The van der Waals surface area contributed by atoms with Crippen LogP contribution in [-0.2, 0) is 15.3 Å². The van der Waals surface area contributed by atoms with Crippen LogP contribution >= 0.6 is 11.6 Å². The van der Waals surface area contributed by atoms with Crippen LogP contribution in [0.4, 0.5) is 5.69 Å². The Morgan fingerprint density at radius 1 is 0.974 bits per heavy atom. The van der Waals surface area contributed by atoms with Crippen LogP contribution in [0.25, 0.3) is 0 Å². The minimum absolute atomic E-state index is 0.362. The van der Waals surface area contributed by atoms with Gasteiger partial charge in [-0.15, -0.1) is 0 Å². The minimum Gasteiger partial charge on any atom is -0.494 e. The Kier molecular flexibility index (Phi) is 9.51. The smallest absolute Gasteiger partial charge is 0.224 e. The molecule has 8 nitrogen and oxygen atoms in total. The summed E-state index contributed by atoms with van der Waals surface area (Å²) in [5.41, 5.74) is 3.01. The molecule has 1 saturated heterocycles. The fraction of sp³-hybridized carbons (Fsp3) is 0.400. The Balaban J connectivity index is 1.88. The van der Waals surface area contributed by atoms with Crippen LogP contribution in [0.5, 0.6) is 5.75 Å². The number of nitrogens with zero attached hydrogens (tertiary/aromatic N) is 1. The maximum atomic E-state index is 11.1. The van der Waals surface area contributed by atoms with Gasteiger partial charge in [0, 0.05) is 29.9 Å². The van der Waals surface area contributed by atoms with Crippen LogP contribution in [0, 0.1) is 0 Å². The van der Waals surface area contributed by atoms with E-state index in [4.69, 9.17) is 25.8 Å². The molecule has 0 saturated carbocycles. The number of para-hydroxylation sites is 1. The Morgan fingerprint density at radius 2 is 1.67 bits per heavy atom. The molecule has 0 aromatic heterocycles. The van der Waals surface area contributed by atoms with Gasteiger partial charge < -0.3 is 39.5 Å². The monoisotopic (exact) mass is 557 g/mol. The third-order valence-electron chi connectivity index (χ3n) is 7.19. The van der Waals surface area contributed by atoms with Gasteiger partial charge >= 0.3 is 0 Å². The lowest BCUT2D eigenvalue weighted by Gasteiger charge is -2.48. The van der Waals surface area contributed by atoms with Crippen LogP contribution in [-0.4, -0.2) is 71.7 Å². The number of halogens is 1. The normalized spacial score (nSPS) is 25.7. The van der Waals surface area contributed by atoms with Crippen LogP contribution < -0.4 is 9.64 Å². The molecule has 0 aliphatic carbocycles. The number of hydrogen-bond acceptors (Lipinski definition) is 8. The number of benzene rings is 3. The first-order valence-corrected chi connectivity index (χ1v) is 13.4. The largest absolute Gasteiger partial charge is 0.494 e. The summed E-state index contributed by atoms with van der Waals surface area (Å²) in [6, 6.07) is 22.5. The Labute approximate surface area is 233 Å². The number of ether oxygens (including phenoxy) is 3. The van der Waals surface area contributed by atoms with Crippen molar-refractivity contribution in [2.24, 2.45) is 0 Å². The maximum Gasteiger partial charge on any atom is 0.224 e. The van der Waals surface area contributed by atoms with E-state index in [1.54, 1.807) is 18.2 Å². The van der Waals surface area contributed by atoms with E-state index in [-0.39, 0.29) is 6.04 Å². The third-order valence-corrected chi connectivity index (χ3v) is 7.54. The maximum absolute atomic E-state index is 11.1. The van der Waals surface area contributed by atoms with E-state index in [2.05, 4.69) is 11.8 Å². The Morgan fingerprint density at radius 3 is 2.26 bits per heavy atom. The summed E-state index contributed by atoms with van der Waals surface area (Å²) in [4.78, 5) is 2.20. The number of rotatable bonds is 10. The molecule has 1 aliphatic heterocycles. The summed E-state index contributed by atoms with van der Waals surface area (Å²) in [7, 11) is 1.34. The molecule has 4 rings (SSSR count). The molecule has 6 atom stereocenters. The number of aliphatic hydroxyl groups excluding tert-OH is 4. The molecule has 0 bridgehead atoms. The molecular weight excluding hydrogens is 522 g/mol. The highest BCUT2D eigenvalue weighted by molar-refractivity contribution is 6.31. The van der Waals surface area contributed by atoms with Gasteiger partial charge in [-0.05, 0) is 61.4 Å². The van der Waals surface area contributed by atoms with E-state index in [1.807, 2.05) is 61.5 Å². The van der Waals surface area contributed by atoms with Crippen LogP contribution in [0.1, 0.15) is 36.6 Å². The molecule has 0 amide bonds. The molecule has 0 spiro atoms. The second kappa shape index (κ2) is 12.7. The van der Waals surface area contributed by atoms with E-state index in [9.17, 15) is 20.4 Å². The van der Waals surface area contributed by atoms with Gasteiger partial charge in [-0.3, -0.25) is 0 Å². The van der Waals surface area contributed by atoms with E-state index < -0.39 is 36.8 Å². The van der Waals surface area contributed by atoms with E-state index in [0.717, 1.165) is 17.0 Å². The molecule has 9 heteroatoms. The number of methoxy groups -OCH3 is 1. The molecule has 1 unspecified atom stereocenters. The average molecular weight is 558 g/mol. The molecule has 4 N–H and O–H groups in total. The van der Waals surface area contributed by atoms with Gasteiger partial charge in [-0.2, -0.15) is 0 Å². The minimum atomic E-state index is -1.86. The van der Waals surface area contributed by atoms with Gasteiger partial charge in [-0.25, -0.2) is 0 Å². The zero-order chi connectivity index (χ0) is 28.2. The molecule has 1 aliphatic rings. The van der Waals surface area contributed by atoms with Crippen molar-refractivity contribution in [3.05, 3.63) is 94.5 Å². The molecular formula is C30H36ClNO7. The summed E-state index contributed by atoms with van der Waals surface area (Å²) < 4.78 is 17.3. The summed E-state index contributed by atoms with van der Waals surface area (Å²) in [5.74, 6) is -1.11. The van der Waals surface area contributed by atoms with Crippen molar-refractivity contribution in [3.8, 4) is 5.75 Å². The molecule has 39 heavy (non-hydrogen) atoms. The van der Waals surface area contributed by atoms with Crippen LogP contribution in [0.2, 0.25) is 5.02 Å². The van der Waals surface area contributed by atoms with Gasteiger partial charge in [-0.1, -0.05) is 48.0 Å². The first-order chi connectivity index (χ1) is 18.8. The first-order valence-electron chi connectivity index (χ1n) is 13.0. The van der Waals surface area contributed by atoms with Crippen LogP contribution in [0.15, 0.2) is 72.8 Å². The van der Waals surface area contributed by atoms with Crippen LogP contribution in [0.3, 0.4) is 0 Å². The SMILES string of the molecule is CCOc1ccc(C(c2cc([C@]3(OC)O[C@H](CO)[C@@H](O)[C@H](O)[C@H]3O)ccc2Cl)N(CC)c2ccccc2)cc1. The van der Waals surface area contributed by atoms with Crippen molar-refractivity contribution >= 4 is 17.3 Å². The third kappa shape index (κ3) is 5.64. The fourth-order valence-corrected chi connectivity index (χ4v) is 5.43. The number of aliphatic hydroxyl groups is 4. The Hall–Kier alpha value is -2.69. The summed E-state index contributed by atoms with van der Waals surface area (Å²) in [5, 5.41) is 42.3. The quantitative estimate of drug-likeness (QED) is 0.299. The van der Waals surface area contributed by atoms with Gasteiger partial charge in [0.05, 0.1) is 19.3 Å². The predicted molar refractivity (Wildman–Crippen MR) is 149 cm³/mol. The van der Waals surface area contributed by atoms with E-state index in [1.165, 1.54) is 7.11 Å². The molecule has 1 fully saturated rings. The van der Waals surface area contributed by atoms with Crippen molar-refractivity contribution in [3.63, 3.8) is 0 Å². The second-order valence-corrected chi connectivity index (χ2v) is 9.81. The molecule has 210 valence electrons. The van der Waals surface area contributed by atoms with E-state index >= 15 is 0 Å². The lowest BCUT2D eigenvalue weighted by atomic mass is 9.86. The fourth-order valence-electron chi connectivity index (χ4n) is 5.21. The van der Waals surface area contributed by atoms with Gasteiger partial charge in [0.15, 0.2) is 0 Å². The summed E-state index contributed by atoms with van der Waals surface area (Å²) in [6.45, 7) is 4.61. The summed E-state index contributed by atoms with van der Waals surface area (Å²) >= 11 is 6.86. The molecule has 1 heterocycles. The predicted octanol–water partition coefficient (Wildman–Crippen LogP) is 3.63. The lowest BCUT2D eigenvalue weighted by Crippen LogP contribution is -2.64. The van der Waals surface area contributed by atoms with Crippen molar-refractivity contribution in [1.29, 1.82) is 0 Å². The van der Waals surface area contributed by atoms with Crippen molar-refractivity contribution in [2.75, 3.05) is 31.8 Å². The van der Waals surface area contributed by atoms with Gasteiger partial charge in [0.25, 0.3) is 0 Å². The van der Waals surface area contributed by atoms with Crippen molar-refractivity contribution in [2.45, 2.75) is 50.1 Å². The zero-order valence-electron chi connectivity index (χ0n) is 22.3. The standard InChI is InChI=1S/C30H36ClNO7/c1-4-32(21-9-7-6-8-10-21)26(19-11-14-22(15-12-19)38-5-2)23-17-20(13-16-24(23)31)30(37-3)29(36)28(35)27(34)25(18-33)39-30/h6-17,25-29,33-36H,4-5,18H2,1-3H3/t25-,26?,27-,28+,29-,30+/m1/s1. The van der Waals surface area contributed by atoms with Gasteiger partial charge in [0.1, 0.15) is 30.2 Å². The Bertz CT molecular complexity index is 1210. The highest BCUT2D eigenvalue weighted by atomic mass is 35.5. The lowest BCUT2D eigenvalue weighted by molar-refractivity contribution is -0.366. The molecule has 0 radical (unpaired) electrons. The molecule has 3 aromatic rings. The highest BCUT2D eigenvalue weighted by Gasteiger charge is 2.55. The first kappa shape index (κ1) is 29.3. The topological polar surface area (TPSA) is 112 Å². The molecule has 3 aromatic carbocycles. The second-order valence-electron chi connectivity index (χ2n) is 9.40. The highest BCUT2D eigenvalue weighted by Crippen LogP contribution is 2.43. The van der Waals surface area contributed by atoms with Crippen molar-refractivity contribution < 1.29 is 34.6 Å². The van der Waals surface area contributed by atoms with Gasteiger partial charge in [0.2, 0.25) is 5.79 Å². The zero-order valence-corrected chi connectivity index (χ0v) is 23.0. The number of hydrogen-bond donors (Lipinski definition) is 4. The summed E-state index contributed by atoms with van der Waals surface area (Å²) in [6.07, 6.45) is -5.94. The average Bonchev–Trinajstić information content (AvgIpc) is 2.97. The van der Waals surface area contributed by atoms with E-state index in [0.29, 0.717) is 29.3 Å². The number of anilines is 1.